The zero-order valence-corrected chi connectivity index (χ0v) is 17.6. The predicted molar refractivity (Wildman–Crippen MR) is 104 cm³/mol. The molecule has 0 amide bonds. The Hall–Kier alpha value is -2.09. The number of hydrogen-bond acceptors (Lipinski definition) is 1. The number of fused-ring (bicyclic) bond motifs is 3. The van der Waals surface area contributed by atoms with Gasteiger partial charge in [-0.25, -0.2) is 0 Å². The van der Waals surface area contributed by atoms with Gasteiger partial charge >= 0.3 is 0 Å². The third-order valence-corrected chi connectivity index (χ3v) is 5.22. The van der Waals surface area contributed by atoms with Gasteiger partial charge in [0.05, 0.1) is 11.1 Å². The summed E-state index contributed by atoms with van der Waals surface area (Å²) in [5.74, 6) is 0. The fraction of sp³-hybridized carbons (Fsp3) is 0.0400. The molecule has 0 saturated carbocycles. The molecule has 0 bridgehead atoms. The minimum atomic E-state index is -0.510. The van der Waals surface area contributed by atoms with E-state index in [1.54, 1.807) is 0 Å². The minimum Gasteiger partial charge on any atom is -0.256 e. The van der Waals surface area contributed by atoms with Gasteiger partial charge in [-0.3, -0.25) is 4.98 Å². The monoisotopic (exact) mass is 419 g/mol. The molecule has 1 nitrogen and oxygen atoms in total. The average Bonchev–Trinajstić information content (AvgIpc) is 3.00. The molecular formula is C25H16NY-. The fourth-order valence-corrected chi connectivity index (χ4v) is 4.23. The van der Waals surface area contributed by atoms with Gasteiger partial charge in [-0.15, -0.1) is 5.56 Å². The second-order valence-corrected chi connectivity index (χ2v) is 6.57. The molecule has 0 spiro atoms. The molecule has 27 heavy (non-hydrogen) atoms. The molecule has 4 aromatic rings. The molecule has 3 aromatic carbocycles. The molecule has 1 aliphatic carbocycles. The second kappa shape index (κ2) is 7.15. The first-order valence-electron chi connectivity index (χ1n) is 8.71. The van der Waals surface area contributed by atoms with Gasteiger partial charge in [-0.1, -0.05) is 54.6 Å². The van der Waals surface area contributed by atoms with E-state index in [-0.39, 0.29) is 32.7 Å². The quantitative estimate of drug-likeness (QED) is 0.354. The van der Waals surface area contributed by atoms with Crippen LogP contribution >= 0.6 is 0 Å². The molecular weight excluding hydrogens is 403 g/mol. The standard InChI is InChI=1S/C25H16N.Y/c1-18-10-9-17-24(26-18)25(19-11-3-2-4-12-19)22-15-7-5-13-20(22)21-14-6-8-16-23(21)25;/h1-11,13-17H;/q-1;. The molecule has 0 atom stereocenters. The summed E-state index contributed by atoms with van der Waals surface area (Å²) in [5.41, 5.74) is 6.95. The SMILES string of the molecule is [CH]c1cccc(C2(c3[c-]cccc3)c3ccccc3-c3ccccc32)n1.[Y]. The molecule has 1 heterocycles. The van der Waals surface area contributed by atoms with Crippen LogP contribution in [0.3, 0.4) is 0 Å². The van der Waals surface area contributed by atoms with Gasteiger partial charge in [-0.05, 0) is 34.4 Å². The van der Waals surface area contributed by atoms with Crippen LogP contribution in [0, 0.1) is 13.0 Å². The van der Waals surface area contributed by atoms with E-state index in [1.807, 2.05) is 24.3 Å². The molecule has 0 aliphatic heterocycles. The van der Waals surface area contributed by atoms with Crippen LogP contribution in [0.1, 0.15) is 28.1 Å². The van der Waals surface area contributed by atoms with Crippen molar-refractivity contribution < 1.29 is 32.7 Å². The van der Waals surface area contributed by atoms with E-state index in [2.05, 4.69) is 72.8 Å². The van der Waals surface area contributed by atoms with Gasteiger partial charge in [-0.2, -0.15) is 30.3 Å². The first kappa shape index (κ1) is 18.3. The third-order valence-electron chi connectivity index (χ3n) is 5.22. The largest absolute Gasteiger partial charge is 0.256 e. The number of nitrogens with zero attached hydrogens (tertiary/aromatic N) is 1. The Morgan fingerprint density at radius 3 is 1.93 bits per heavy atom. The van der Waals surface area contributed by atoms with Crippen LogP contribution in [0.15, 0.2) is 91.0 Å². The maximum atomic E-state index is 6.08. The minimum absolute atomic E-state index is 0. The van der Waals surface area contributed by atoms with Crippen molar-refractivity contribution in [1.29, 1.82) is 0 Å². The van der Waals surface area contributed by atoms with Crippen LogP contribution in [0.2, 0.25) is 0 Å². The zero-order chi connectivity index (χ0) is 17.6. The van der Waals surface area contributed by atoms with Crippen molar-refractivity contribution in [1.82, 2.24) is 4.98 Å². The molecule has 2 heteroatoms. The molecule has 0 saturated heterocycles. The molecule has 3 radical (unpaired) electrons. The second-order valence-electron chi connectivity index (χ2n) is 6.57. The average molecular weight is 419 g/mol. The Bertz CT molecular complexity index is 1060. The molecule has 125 valence electrons. The third kappa shape index (κ3) is 2.64. The van der Waals surface area contributed by atoms with E-state index in [9.17, 15) is 0 Å². The number of hydrogen-bond donors (Lipinski definition) is 0. The fourth-order valence-electron chi connectivity index (χ4n) is 4.23. The Kier molecular flexibility index (Phi) is 4.84. The van der Waals surface area contributed by atoms with Gasteiger partial charge in [0.25, 0.3) is 0 Å². The summed E-state index contributed by atoms with van der Waals surface area (Å²) in [6.45, 7) is 6.08. The summed E-state index contributed by atoms with van der Waals surface area (Å²) in [4.78, 5) is 4.76. The molecule has 1 aromatic heterocycles. The van der Waals surface area contributed by atoms with Crippen molar-refractivity contribution in [2.75, 3.05) is 0 Å². The Labute approximate surface area is 185 Å². The van der Waals surface area contributed by atoms with Crippen LogP contribution in [0.5, 0.6) is 0 Å². The van der Waals surface area contributed by atoms with Crippen LogP contribution < -0.4 is 0 Å². The maximum Gasteiger partial charge on any atom is 0.0662 e. The van der Waals surface area contributed by atoms with E-state index < -0.39 is 5.41 Å². The van der Waals surface area contributed by atoms with E-state index in [0.29, 0.717) is 5.69 Å². The molecule has 0 N–H and O–H groups in total. The van der Waals surface area contributed by atoms with Crippen LogP contribution in [-0.2, 0) is 38.1 Å². The zero-order valence-electron chi connectivity index (χ0n) is 14.8. The van der Waals surface area contributed by atoms with E-state index in [1.165, 1.54) is 22.3 Å². The first-order valence-corrected chi connectivity index (χ1v) is 8.71. The van der Waals surface area contributed by atoms with Gasteiger partial charge in [0.1, 0.15) is 0 Å². The van der Waals surface area contributed by atoms with Crippen molar-refractivity contribution in [3.8, 4) is 11.1 Å². The number of aromatic nitrogens is 1. The number of benzene rings is 3. The Morgan fingerprint density at radius 1 is 0.704 bits per heavy atom. The van der Waals surface area contributed by atoms with Crippen LogP contribution in [-0.4, -0.2) is 4.98 Å². The van der Waals surface area contributed by atoms with Crippen molar-refractivity contribution in [2.45, 2.75) is 5.41 Å². The summed E-state index contributed by atoms with van der Waals surface area (Å²) in [5, 5.41) is 0. The number of rotatable bonds is 2. The van der Waals surface area contributed by atoms with Crippen molar-refractivity contribution in [3.63, 3.8) is 0 Å². The molecule has 5 rings (SSSR count). The Balaban J connectivity index is 0.00000180. The van der Waals surface area contributed by atoms with E-state index in [0.717, 1.165) is 11.3 Å². The van der Waals surface area contributed by atoms with Crippen LogP contribution in [0.25, 0.3) is 11.1 Å². The van der Waals surface area contributed by atoms with Gasteiger partial charge in [0.15, 0.2) is 0 Å². The van der Waals surface area contributed by atoms with Crippen molar-refractivity contribution >= 4 is 0 Å². The topological polar surface area (TPSA) is 12.9 Å². The molecule has 1 aliphatic rings. The predicted octanol–water partition coefficient (Wildman–Crippen LogP) is 5.30. The van der Waals surface area contributed by atoms with Gasteiger partial charge in [0.2, 0.25) is 0 Å². The molecule has 0 unspecified atom stereocenters. The summed E-state index contributed by atoms with van der Waals surface area (Å²) in [6, 6.07) is 34.6. The van der Waals surface area contributed by atoms with E-state index in [4.69, 9.17) is 11.9 Å². The van der Waals surface area contributed by atoms with Crippen molar-refractivity contribution in [3.05, 3.63) is 132 Å². The molecule has 0 fully saturated rings. The normalized spacial score (nSPS) is 13.4. The first-order chi connectivity index (χ1) is 12.8. The summed E-state index contributed by atoms with van der Waals surface area (Å²) < 4.78 is 0. The maximum absolute atomic E-state index is 6.08. The van der Waals surface area contributed by atoms with Crippen LogP contribution in [0.4, 0.5) is 0 Å². The summed E-state index contributed by atoms with van der Waals surface area (Å²) in [6.07, 6.45) is 0. The number of pyridine rings is 1. The van der Waals surface area contributed by atoms with Crippen molar-refractivity contribution in [2.24, 2.45) is 0 Å². The van der Waals surface area contributed by atoms with Gasteiger partial charge < -0.3 is 0 Å². The van der Waals surface area contributed by atoms with Gasteiger partial charge in [0, 0.05) is 45.3 Å². The smallest absolute Gasteiger partial charge is 0.0662 e. The Morgan fingerprint density at radius 2 is 1.33 bits per heavy atom. The van der Waals surface area contributed by atoms with E-state index >= 15 is 0 Å². The summed E-state index contributed by atoms with van der Waals surface area (Å²) in [7, 11) is 0. The summed E-state index contributed by atoms with van der Waals surface area (Å²) >= 11 is 0.